The number of aromatic nitrogens is 5. The summed E-state index contributed by atoms with van der Waals surface area (Å²) in [6.07, 6.45) is 0. The van der Waals surface area contributed by atoms with Gasteiger partial charge in [-0.2, -0.15) is 9.97 Å². The third-order valence-electron chi connectivity index (χ3n) is 11.2. The van der Waals surface area contributed by atoms with Crippen LogP contribution < -0.4 is 0 Å². The molecule has 0 unspecified atom stereocenters. The molecule has 0 aliphatic rings. The van der Waals surface area contributed by atoms with E-state index in [9.17, 15) is 0 Å². The lowest BCUT2D eigenvalue weighted by atomic mass is 10.0. The van der Waals surface area contributed by atoms with E-state index in [4.69, 9.17) is 15.0 Å². The summed E-state index contributed by atoms with van der Waals surface area (Å²) in [4.78, 5) is 16.1. The van der Waals surface area contributed by atoms with E-state index >= 15 is 0 Å². The van der Waals surface area contributed by atoms with Crippen molar-refractivity contribution >= 4 is 75.1 Å². The molecule has 0 spiro atoms. The number of fused-ring (bicyclic) bond motifs is 10. The molecule has 0 aliphatic heterocycles. The smallest absolute Gasteiger partial charge is 0.238 e. The van der Waals surface area contributed by atoms with Crippen molar-refractivity contribution in [2.45, 2.75) is 0 Å². The van der Waals surface area contributed by atoms with Crippen LogP contribution in [0, 0.1) is 0 Å². The van der Waals surface area contributed by atoms with Crippen molar-refractivity contribution in [2.24, 2.45) is 0 Å². The minimum absolute atomic E-state index is 0.573. The Balaban J connectivity index is 1.20. The molecule has 0 radical (unpaired) electrons. The van der Waals surface area contributed by atoms with Crippen LogP contribution in [0.5, 0.6) is 0 Å². The number of hydrogen-bond acceptors (Lipinski definition) is 4. The molecule has 266 valence electrons. The third-order valence-corrected chi connectivity index (χ3v) is 12.4. The summed E-state index contributed by atoms with van der Waals surface area (Å²) in [6, 6.07) is 66.6. The van der Waals surface area contributed by atoms with E-state index in [1.807, 2.05) is 6.07 Å². The van der Waals surface area contributed by atoms with Crippen molar-refractivity contribution in [1.82, 2.24) is 24.1 Å². The normalized spacial score (nSPS) is 11.9. The highest BCUT2D eigenvalue weighted by atomic mass is 32.1. The number of nitrogens with zero attached hydrogens (tertiary/aromatic N) is 5. The maximum atomic E-state index is 5.46. The summed E-state index contributed by atoms with van der Waals surface area (Å²) >= 11 is 1.79. The molecular weight excluding hydrogens is 715 g/mol. The molecule has 12 aromatic rings. The van der Waals surface area contributed by atoms with Crippen molar-refractivity contribution < 1.29 is 0 Å². The van der Waals surface area contributed by atoms with E-state index in [-0.39, 0.29) is 0 Å². The lowest BCUT2D eigenvalue weighted by Gasteiger charge is -2.13. The van der Waals surface area contributed by atoms with Crippen LogP contribution in [-0.2, 0) is 0 Å². The van der Waals surface area contributed by atoms with Gasteiger partial charge in [0.05, 0.1) is 22.1 Å². The predicted octanol–water partition coefficient (Wildman–Crippen LogP) is 13.4. The molecule has 0 amide bonds. The van der Waals surface area contributed by atoms with Gasteiger partial charge in [-0.25, -0.2) is 4.98 Å². The Labute approximate surface area is 331 Å². The first-order valence-corrected chi connectivity index (χ1v) is 19.9. The van der Waals surface area contributed by atoms with Crippen LogP contribution in [0.3, 0.4) is 0 Å². The standard InChI is InChI=1S/C51H31N5S/c1-3-14-32(15-4-1)33-26-28-34(29-27-33)49-52-50(42-22-13-21-41-38-20-9-12-25-45(38)57-48(41)42)54-51(53-49)56-44-24-11-8-19-37(44)40-31-30-39-36-18-7-10-23-43(36)55(46(39)47(40)56)35-16-5-2-6-17-35/h1-31H. The summed E-state index contributed by atoms with van der Waals surface area (Å²) in [7, 11) is 0. The average Bonchev–Trinajstić information content (AvgIpc) is 3.95. The number of para-hydroxylation sites is 3. The molecule has 4 aromatic heterocycles. The third kappa shape index (κ3) is 4.91. The second-order valence-electron chi connectivity index (χ2n) is 14.4. The molecule has 0 N–H and O–H groups in total. The van der Waals surface area contributed by atoms with Gasteiger partial charge in [0, 0.05) is 58.5 Å². The number of thiophene rings is 1. The fraction of sp³-hybridized carbons (Fsp3) is 0. The van der Waals surface area contributed by atoms with Gasteiger partial charge >= 0.3 is 0 Å². The Kier molecular flexibility index (Phi) is 7.03. The summed E-state index contributed by atoms with van der Waals surface area (Å²) in [6.45, 7) is 0. The van der Waals surface area contributed by atoms with Gasteiger partial charge < -0.3 is 4.57 Å². The molecule has 0 saturated carbocycles. The van der Waals surface area contributed by atoms with Gasteiger partial charge in [-0.1, -0.05) is 152 Å². The largest absolute Gasteiger partial charge is 0.307 e. The van der Waals surface area contributed by atoms with Crippen molar-refractivity contribution in [1.29, 1.82) is 0 Å². The van der Waals surface area contributed by atoms with E-state index in [1.54, 1.807) is 11.3 Å². The van der Waals surface area contributed by atoms with Crippen LogP contribution >= 0.6 is 11.3 Å². The van der Waals surface area contributed by atoms with Crippen LogP contribution in [0.4, 0.5) is 0 Å². The average molecular weight is 746 g/mol. The zero-order valence-corrected chi connectivity index (χ0v) is 31.4. The van der Waals surface area contributed by atoms with Crippen LogP contribution in [0.1, 0.15) is 0 Å². The number of benzene rings is 8. The van der Waals surface area contributed by atoms with Gasteiger partial charge in [-0.15, -0.1) is 11.3 Å². The summed E-state index contributed by atoms with van der Waals surface area (Å²) in [5.41, 5.74) is 9.66. The molecular formula is C51H31N5S. The van der Waals surface area contributed by atoms with E-state index in [0.717, 1.165) is 59.9 Å². The van der Waals surface area contributed by atoms with Crippen LogP contribution in [0.15, 0.2) is 188 Å². The maximum absolute atomic E-state index is 5.46. The highest BCUT2D eigenvalue weighted by Crippen LogP contribution is 2.43. The minimum Gasteiger partial charge on any atom is -0.307 e. The van der Waals surface area contributed by atoms with Gasteiger partial charge in [0.25, 0.3) is 0 Å². The summed E-state index contributed by atoms with van der Waals surface area (Å²) in [5.74, 6) is 1.83. The molecule has 0 saturated heterocycles. The van der Waals surface area contributed by atoms with Crippen LogP contribution in [0.25, 0.3) is 109 Å². The highest BCUT2D eigenvalue weighted by Gasteiger charge is 2.24. The van der Waals surface area contributed by atoms with Crippen molar-refractivity contribution in [3.63, 3.8) is 0 Å². The van der Waals surface area contributed by atoms with Crippen molar-refractivity contribution in [3.8, 4) is 45.5 Å². The molecule has 8 aromatic carbocycles. The van der Waals surface area contributed by atoms with Gasteiger partial charge in [-0.3, -0.25) is 4.57 Å². The summed E-state index contributed by atoms with van der Waals surface area (Å²) < 4.78 is 7.06. The SMILES string of the molecule is c1ccc(-c2ccc(-c3nc(-c4cccc5c4sc4ccccc45)nc(-n4c5ccccc5c5ccc6c7ccccc7n(-c7ccccc7)c6c54)n3)cc2)cc1. The molecule has 0 bridgehead atoms. The monoisotopic (exact) mass is 745 g/mol. The molecule has 5 nitrogen and oxygen atoms in total. The minimum atomic E-state index is 0.573. The zero-order chi connectivity index (χ0) is 37.5. The lowest BCUT2D eigenvalue weighted by molar-refractivity contribution is 0.954. The van der Waals surface area contributed by atoms with Crippen LogP contribution in [-0.4, -0.2) is 24.1 Å². The van der Waals surface area contributed by atoms with Gasteiger partial charge in [0.15, 0.2) is 11.6 Å². The number of rotatable bonds is 5. The zero-order valence-electron chi connectivity index (χ0n) is 30.5. The molecule has 0 atom stereocenters. The Morgan fingerprint density at radius 1 is 0.351 bits per heavy atom. The first-order valence-electron chi connectivity index (χ1n) is 19.1. The van der Waals surface area contributed by atoms with Gasteiger partial charge in [-0.05, 0) is 47.5 Å². The Morgan fingerprint density at radius 3 is 1.63 bits per heavy atom. The Morgan fingerprint density at radius 2 is 0.895 bits per heavy atom. The lowest BCUT2D eigenvalue weighted by Crippen LogP contribution is -2.07. The first kappa shape index (κ1) is 31.9. The Hall–Kier alpha value is -7.41. The maximum Gasteiger partial charge on any atom is 0.238 e. The quantitative estimate of drug-likeness (QED) is 0.176. The molecule has 6 heteroatoms. The number of hydrogen-bond donors (Lipinski definition) is 0. The second-order valence-corrected chi connectivity index (χ2v) is 15.5. The molecule has 0 aliphatic carbocycles. The second kappa shape index (κ2) is 12.6. The predicted molar refractivity (Wildman–Crippen MR) is 238 cm³/mol. The fourth-order valence-corrected chi connectivity index (χ4v) is 9.85. The fourth-order valence-electron chi connectivity index (χ4n) is 8.63. The highest BCUT2D eigenvalue weighted by molar-refractivity contribution is 7.26. The van der Waals surface area contributed by atoms with Crippen molar-refractivity contribution in [3.05, 3.63) is 188 Å². The molecule has 12 rings (SSSR count). The molecule has 4 heterocycles. The first-order chi connectivity index (χ1) is 28.3. The molecule has 0 fully saturated rings. The molecule has 57 heavy (non-hydrogen) atoms. The van der Waals surface area contributed by atoms with Gasteiger partial charge in [0.2, 0.25) is 5.95 Å². The van der Waals surface area contributed by atoms with Crippen molar-refractivity contribution in [2.75, 3.05) is 0 Å². The van der Waals surface area contributed by atoms with Crippen LogP contribution in [0.2, 0.25) is 0 Å². The van der Waals surface area contributed by atoms with E-state index in [1.165, 1.54) is 31.8 Å². The van der Waals surface area contributed by atoms with E-state index < -0.39 is 0 Å². The Bertz CT molecular complexity index is 3510. The topological polar surface area (TPSA) is 48.5 Å². The van der Waals surface area contributed by atoms with Gasteiger partial charge in [0.1, 0.15) is 0 Å². The van der Waals surface area contributed by atoms with E-state index in [2.05, 4.69) is 191 Å². The summed E-state index contributed by atoms with van der Waals surface area (Å²) in [5, 5.41) is 7.09. The van der Waals surface area contributed by atoms with E-state index in [0.29, 0.717) is 17.6 Å².